The molecule has 1 aliphatic heterocycles. The molecule has 0 amide bonds. The lowest BCUT2D eigenvalue weighted by Crippen LogP contribution is -2.38. The van der Waals surface area contributed by atoms with Gasteiger partial charge >= 0.3 is 0 Å². The second kappa shape index (κ2) is 6.25. The summed E-state index contributed by atoms with van der Waals surface area (Å²) in [6.07, 6.45) is 0. The van der Waals surface area contributed by atoms with Gasteiger partial charge in [-0.2, -0.15) is 0 Å². The maximum absolute atomic E-state index is 5.92. The van der Waals surface area contributed by atoms with Crippen molar-refractivity contribution in [2.75, 3.05) is 39.5 Å². The maximum atomic E-state index is 5.92. The van der Waals surface area contributed by atoms with Gasteiger partial charge in [0.2, 0.25) is 0 Å². The van der Waals surface area contributed by atoms with E-state index in [4.69, 9.17) is 9.47 Å². The molecule has 0 aromatic heterocycles. The van der Waals surface area contributed by atoms with Crippen LogP contribution in [0.15, 0.2) is 36.4 Å². The summed E-state index contributed by atoms with van der Waals surface area (Å²) >= 11 is 0. The molecule has 2 aromatic carbocycles. The number of ether oxygens (including phenoxy) is 2. The van der Waals surface area contributed by atoms with Gasteiger partial charge in [0.25, 0.3) is 0 Å². The first-order valence-corrected chi connectivity index (χ1v) is 7.25. The predicted molar refractivity (Wildman–Crippen MR) is 81.4 cm³/mol. The van der Waals surface area contributed by atoms with Crippen LogP contribution in [0.4, 0.5) is 0 Å². The van der Waals surface area contributed by atoms with E-state index in [1.807, 2.05) is 0 Å². The Bertz CT molecular complexity index is 576. The van der Waals surface area contributed by atoms with Crippen LogP contribution in [-0.4, -0.2) is 44.4 Å². The first-order valence-electron chi connectivity index (χ1n) is 7.25. The molecule has 1 heterocycles. The molecule has 3 rings (SSSR count). The third kappa shape index (κ3) is 3.11. The van der Waals surface area contributed by atoms with E-state index in [0.29, 0.717) is 0 Å². The second-order valence-electron chi connectivity index (χ2n) is 5.26. The molecule has 1 aliphatic rings. The van der Waals surface area contributed by atoms with E-state index in [1.165, 1.54) is 16.3 Å². The van der Waals surface area contributed by atoms with E-state index < -0.39 is 0 Å². The quantitative estimate of drug-likeness (QED) is 0.853. The number of morpholine rings is 1. The molecule has 0 N–H and O–H groups in total. The summed E-state index contributed by atoms with van der Waals surface area (Å²) in [6.45, 7) is 7.55. The van der Waals surface area contributed by atoms with Crippen molar-refractivity contribution in [3.8, 4) is 5.75 Å². The van der Waals surface area contributed by atoms with Crippen LogP contribution >= 0.6 is 0 Å². The predicted octanol–water partition coefficient (Wildman–Crippen LogP) is 2.86. The molecule has 0 atom stereocenters. The number of aryl methyl sites for hydroxylation is 1. The lowest BCUT2D eigenvalue weighted by molar-refractivity contribution is 0.0322. The van der Waals surface area contributed by atoms with Gasteiger partial charge in [0, 0.05) is 19.6 Å². The third-order valence-electron chi connectivity index (χ3n) is 3.82. The van der Waals surface area contributed by atoms with E-state index >= 15 is 0 Å². The molecule has 0 unspecified atom stereocenters. The molecule has 2 aromatic rings. The molecule has 20 heavy (non-hydrogen) atoms. The van der Waals surface area contributed by atoms with Crippen LogP contribution in [0.2, 0.25) is 0 Å². The van der Waals surface area contributed by atoms with Gasteiger partial charge in [0.05, 0.1) is 13.2 Å². The normalized spacial score (nSPS) is 16.4. The highest BCUT2D eigenvalue weighted by Crippen LogP contribution is 2.24. The van der Waals surface area contributed by atoms with Crippen molar-refractivity contribution in [1.29, 1.82) is 0 Å². The molecule has 0 spiro atoms. The van der Waals surface area contributed by atoms with Crippen molar-refractivity contribution in [1.82, 2.24) is 4.90 Å². The van der Waals surface area contributed by atoms with Gasteiger partial charge in [-0.1, -0.05) is 24.3 Å². The fourth-order valence-electron chi connectivity index (χ4n) is 2.67. The van der Waals surface area contributed by atoms with Crippen LogP contribution in [-0.2, 0) is 4.74 Å². The fourth-order valence-corrected chi connectivity index (χ4v) is 2.67. The van der Waals surface area contributed by atoms with E-state index in [2.05, 4.69) is 48.2 Å². The van der Waals surface area contributed by atoms with Gasteiger partial charge in [-0.15, -0.1) is 0 Å². The largest absolute Gasteiger partial charge is 0.492 e. The number of hydrogen-bond donors (Lipinski definition) is 0. The zero-order valence-corrected chi connectivity index (χ0v) is 12.0. The molecular formula is C17H21NO2. The highest BCUT2D eigenvalue weighted by atomic mass is 16.5. The van der Waals surface area contributed by atoms with E-state index in [0.717, 1.165) is 45.2 Å². The lowest BCUT2D eigenvalue weighted by Gasteiger charge is -2.26. The van der Waals surface area contributed by atoms with Crippen molar-refractivity contribution in [3.05, 3.63) is 42.0 Å². The summed E-state index contributed by atoms with van der Waals surface area (Å²) in [7, 11) is 0. The first-order chi connectivity index (χ1) is 9.83. The standard InChI is InChI=1S/C17H21NO2/c1-14-12-16(13-15-4-2-3-5-17(14)15)20-11-8-18-6-9-19-10-7-18/h2-5,12-13H,6-11H2,1H3. The average Bonchev–Trinajstić information content (AvgIpc) is 2.48. The Morgan fingerprint density at radius 1 is 1.15 bits per heavy atom. The number of fused-ring (bicyclic) bond motifs is 1. The number of nitrogens with zero attached hydrogens (tertiary/aromatic N) is 1. The minimum Gasteiger partial charge on any atom is -0.492 e. The van der Waals surface area contributed by atoms with Gasteiger partial charge in [-0.3, -0.25) is 4.90 Å². The molecule has 0 aliphatic carbocycles. The molecule has 3 nitrogen and oxygen atoms in total. The molecule has 1 saturated heterocycles. The Hall–Kier alpha value is -1.58. The van der Waals surface area contributed by atoms with Crippen molar-refractivity contribution >= 4 is 10.8 Å². The lowest BCUT2D eigenvalue weighted by atomic mass is 10.1. The summed E-state index contributed by atoms with van der Waals surface area (Å²) in [6, 6.07) is 12.7. The summed E-state index contributed by atoms with van der Waals surface area (Å²) in [5, 5.41) is 2.54. The number of hydrogen-bond acceptors (Lipinski definition) is 3. The Labute approximate surface area is 120 Å². The van der Waals surface area contributed by atoms with Crippen molar-refractivity contribution < 1.29 is 9.47 Å². The molecule has 0 saturated carbocycles. The van der Waals surface area contributed by atoms with Crippen LogP contribution in [0.1, 0.15) is 5.56 Å². The molecule has 1 fully saturated rings. The minimum atomic E-state index is 0.734. The highest BCUT2D eigenvalue weighted by molar-refractivity contribution is 5.86. The number of benzene rings is 2. The summed E-state index contributed by atoms with van der Waals surface area (Å²) in [5.41, 5.74) is 1.27. The Morgan fingerprint density at radius 3 is 2.80 bits per heavy atom. The molecule has 0 radical (unpaired) electrons. The zero-order valence-electron chi connectivity index (χ0n) is 12.0. The van der Waals surface area contributed by atoms with Gasteiger partial charge in [-0.05, 0) is 35.4 Å². The minimum absolute atomic E-state index is 0.734. The monoisotopic (exact) mass is 271 g/mol. The van der Waals surface area contributed by atoms with Crippen LogP contribution in [0.5, 0.6) is 5.75 Å². The fraction of sp³-hybridized carbons (Fsp3) is 0.412. The zero-order chi connectivity index (χ0) is 13.8. The third-order valence-corrected chi connectivity index (χ3v) is 3.82. The van der Waals surface area contributed by atoms with E-state index in [9.17, 15) is 0 Å². The van der Waals surface area contributed by atoms with E-state index in [1.54, 1.807) is 0 Å². The topological polar surface area (TPSA) is 21.7 Å². The van der Waals surface area contributed by atoms with Crippen LogP contribution in [0.3, 0.4) is 0 Å². The van der Waals surface area contributed by atoms with Gasteiger partial charge < -0.3 is 9.47 Å². The van der Waals surface area contributed by atoms with E-state index in [-0.39, 0.29) is 0 Å². The summed E-state index contributed by atoms with van der Waals surface area (Å²) in [5.74, 6) is 0.967. The molecule has 106 valence electrons. The summed E-state index contributed by atoms with van der Waals surface area (Å²) in [4.78, 5) is 2.39. The molecule has 3 heteroatoms. The average molecular weight is 271 g/mol. The molecule has 0 bridgehead atoms. The number of rotatable bonds is 4. The summed E-state index contributed by atoms with van der Waals surface area (Å²) < 4.78 is 11.3. The molecular weight excluding hydrogens is 250 g/mol. The smallest absolute Gasteiger partial charge is 0.120 e. The highest BCUT2D eigenvalue weighted by Gasteiger charge is 2.10. The van der Waals surface area contributed by atoms with Gasteiger partial charge in [-0.25, -0.2) is 0 Å². The van der Waals surface area contributed by atoms with Crippen LogP contribution < -0.4 is 4.74 Å². The Morgan fingerprint density at radius 2 is 1.95 bits per heavy atom. The maximum Gasteiger partial charge on any atom is 0.120 e. The Kier molecular flexibility index (Phi) is 4.19. The SMILES string of the molecule is Cc1cc(OCCN2CCOCC2)cc2ccccc12. The second-order valence-corrected chi connectivity index (χ2v) is 5.26. The first kappa shape index (κ1) is 13.4. The Balaban J connectivity index is 1.62. The van der Waals surface area contributed by atoms with Gasteiger partial charge in [0.1, 0.15) is 12.4 Å². The van der Waals surface area contributed by atoms with Crippen molar-refractivity contribution in [2.24, 2.45) is 0 Å². The van der Waals surface area contributed by atoms with Crippen LogP contribution in [0, 0.1) is 6.92 Å². The van der Waals surface area contributed by atoms with Gasteiger partial charge in [0.15, 0.2) is 0 Å². The van der Waals surface area contributed by atoms with Crippen molar-refractivity contribution in [3.63, 3.8) is 0 Å². The van der Waals surface area contributed by atoms with Crippen molar-refractivity contribution in [2.45, 2.75) is 6.92 Å². The van der Waals surface area contributed by atoms with Crippen LogP contribution in [0.25, 0.3) is 10.8 Å².